The van der Waals surface area contributed by atoms with E-state index in [0.717, 1.165) is 12.5 Å². The SMILES string of the molecule is C=CCNC(=O)C(=O)C(C=C=CCC(F)(F)F)NC(=O)[C@@H]1C(C)CCN1C(O)[C@@H](NC(=O)N[C@H](CN1CCCN(C)C1=O)C(C)(C)C)C(C)(C)C. The van der Waals surface area contributed by atoms with Gasteiger partial charge in [-0.1, -0.05) is 54.5 Å². The lowest BCUT2D eigenvalue weighted by molar-refractivity contribution is -0.140. The Morgan fingerprint density at radius 3 is 2.24 bits per heavy atom. The average molecular weight is 728 g/mol. The van der Waals surface area contributed by atoms with Crippen LogP contribution < -0.4 is 21.3 Å². The third kappa shape index (κ3) is 13.0. The summed E-state index contributed by atoms with van der Waals surface area (Å²) in [6, 6.07) is -4.75. The molecule has 2 fully saturated rings. The summed E-state index contributed by atoms with van der Waals surface area (Å²) in [4.78, 5) is 70.4. The first-order valence-corrected chi connectivity index (χ1v) is 17.2. The lowest BCUT2D eigenvalue weighted by Gasteiger charge is -2.42. The van der Waals surface area contributed by atoms with E-state index >= 15 is 0 Å². The predicted molar refractivity (Wildman–Crippen MR) is 186 cm³/mol. The molecular formula is C35H56F3N7O6. The van der Waals surface area contributed by atoms with E-state index in [1.807, 2.05) is 41.5 Å². The van der Waals surface area contributed by atoms with E-state index in [2.05, 4.69) is 33.6 Å². The van der Waals surface area contributed by atoms with Crippen molar-refractivity contribution in [2.24, 2.45) is 16.7 Å². The highest BCUT2D eigenvalue weighted by atomic mass is 19.4. The monoisotopic (exact) mass is 727 g/mol. The second kappa shape index (κ2) is 18.1. The van der Waals surface area contributed by atoms with Gasteiger partial charge in [-0.3, -0.25) is 19.3 Å². The Morgan fingerprint density at radius 2 is 1.67 bits per heavy atom. The Balaban J connectivity index is 2.31. The topological polar surface area (TPSA) is 163 Å². The van der Waals surface area contributed by atoms with Gasteiger partial charge >= 0.3 is 18.2 Å². The second-order valence-electron chi connectivity index (χ2n) is 15.5. The molecule has 0 saturated carbocycles. The smallest absolute Gasteiger partial charge is 0.376 e. The number of alkyl halides is 3. The van der Waals surface area contributed by atoms with Crippen molar-refractivity contribution in [2.45, 2.75) is 104 Å². The summed E-state index contributed by atoms with van der Waals surface area (Å²) in [6.07, 6.45) is -3.14. The number of halogens is 3. The fraction of sp³-hybridized carbons (Fsp3) is 0.714. The molecule has 2 heterocycles. The molecule has 6 atom stereocenters. The third-order valence-electron chi connectivity index (χ3n) is 9.06. The Labute approximate surface area is 299 Å². The number of amides is 6. The number of carbonyl (C=O) groups is 5. The van der Waals surface area contributed by atoms with Gasteiger partial charge in [-0.2, -0.15) is 13.2 Å². The maximum absolute atomic E-state index is 13.8. The number of ketones is 1. The van der Waals surface area contributed by atoms with Crippen LogP contribution in [-0.2, 0) is 14.4 Å². The molecule has 288 valence electrons. The van der Waals surface area contributed by atoms with E-state index in [1.54, 1.807) is 23.8 Å². The molecule has 0 bridgehead atoms. The molecule has 0 spiro atoms. The third-order valence-corrected chi connectivity index (χ3v) is 9.06. The zero-order valence-electron chi connectivity index (χ0n) is 31.0. The minimum absolute atomic E-state index is 0.0580. The van der Waals surface area contributed by atoms with Gasteiger partial charge in [0.2, 0.25) is 11.7 Å². The standard InChI is InChI=1S/C35H56F3N7O6/c1-10-17-39-29(48)26(46)23(14-11-12-16-35(36,37)38)40-28(47)25-22(2)15-20-45(25)30(49)27(34(6,7)8)42-31(50)41-24(33(3,4)5)21-44-19-13-18-43(9)32(44)51/h10,12,14,22-25,27,30,49H,1,13,15-21H2,2-9H3,(H,39,48)(H,40,47)(H2,41,42,50)/t11?,22?,23?,24-,25+,27-,30?/m1/s1. The Kier molecular flexibility index (Phi) is 15.3. The molecule has 2 saturated heterocycles. The molecule has 2 aliphatic rings. The molecule has 2 aliphatic heterocycles. The van der Waals surface area contributed by atoms with Crippen LogP contribution in [-0.4, -0.2) is 126 Å². The van der Waals surface area contributed by atoms with Crippen molar-refractivity contribution >= 4 is 29.7 Å². The van der Waals surface area contributed by atoms with E-state index in [-0.39, 0.29) is 31.6 Å². The second-order valence-corrected chi connectivity index (χ2v) is 15.5. The molecule has 16 heteroatoms. The molecule has 51 heavy (non-hydrogen) atoms. The lowest BCUT2D eigenvalue weighted by atomic mass is 9.84. The van der Waals surface area contributed by atoms with Gasteiger partial charge < -0.3 is 36.2 Å². The number of carbonyl (C=O) groups excluding carboxylic acids is 5. The molecule has 3 unspecified atom stereocenters. The number of aliphatic hydroxyl groups is 1. The summed E-state index contributed by atoms with van der Waals surface area (Å²) in [5, 5.41) is 22.4. The van der Waals surface area contributed by atoms with E-state index < -0.39 is 77.5 Å². The maximum Gasteiger partial charge on any atom is 0.393 e. The van der Waals surface area contributed by atoms with Gasteiger partial charge in [0.15, 0.2) is 0 Å². The number of hydrogen-bond donors (Lipinski definition) is 5. The van der Waals surface area contributed by atoms with Gasteiger partial charge in [0, 0.05) is 39.8 Å². The molecule has 0 aromatic rings. The number of hydrogen-bond acceptors (Lipinski definition) is 7. The quantitative estimate of drug-likeness (QED) is 0.104. The van der Waals surface area contributed by atoms with E-state index in [1.165, 1.54) is 11.0 Å². The van der Waals surface area contributed by atoms with Gasteiger partial charge in [0.25, 0.3) is 5.91 Å². The zero-order chi connectivity index (χ0) is 38.9. The first-order chi connectivity index (χ1) is 23.5. The van der Waals surface area contributed by atoms with Crippen molar-refractivity contribution in [3.8, 4) is 0 Å². The predicted octanol–water partition coefficient (Wildman–Crippen LogP) is 2.92. The Bertz CT molecular complexity index is 1340. The number of aliphatic hydroxyl groups excluding tert-OH is 1. The van der Waals surface area contributed by atoms with Crippen LogP contribution in [0, 0.1) is 16.7 Å². The van der Waals surface area contributed by atoms with Gasteiger partial charge in [-0.15, -0.1) is 12.3 Å². The fourth-order valence-electron chi connectivity index (χ4n) is 5.96. The Hall–Kier alpha value is -3.88. The molecule has 0 aromatic heterocycles. The minimum Gasteiger partial charge on any atom is -0.376 e. The van der Waals surface area contributed by atoms with Crippen molar-refractivity contribution in [1.29, 1.82) is 0 Å². The van der Waals surface area contributed by atoms with Crippen LogP contribution in [0.1, 0.15) is 67.7 Å². The van der Waals surface area contributed by atoms with Gasteiger partial charge in [0.05, 0.1) is 24.5 Å². The van der Waals surface area contributed by atoms with Crippen LogP contribution in [0.2, 0.25) is 0 Å². The number of Topliss-reactive ketones (excluding diaryl/α,β-unsaturated/α-hetero) is 1. The highest BCUT2D eigenvalue weighted by molar-refractivity contribution is 6.39. The minimum atomic E-state index is -4.52. The number of nitrogens with zero attached hydrogens (tertiary/aromatic N) is 3. The molecular weight excluding hydrogens is 671 g/mol. The molecule has 13 nitrogen and oxygen atoms in total. The van der Waals surface area contributed by atoms with Gasteiger partial charge in [0.1, 0.15) is 12.3 Å². The van der Waals surface area contributed by atoms with Crippen LogP contribution in [0.5, 0.6) is 0 Å². The molecule has 0 radical (unpaired) electrons. The van der Waals surface area contributed by atoms with Gasteiger partial charge in [-0.25, -0.2) is 9.59 Å². The highest BCUT2D eigenvalue weighted by Crippen LogP contribution is 2.32. The van der Waals surface area contributed by atoms with Crippen molar-refractivity contribution in [2.75, 3.05) is 39.8 Å². The summed E-state index contributed by atoms with van der Waals surface area (Å²) in [7, 11) is 1.73. The summed E-state index contributed by atoms with van der Waals surface area (Å²) in [5.41, 5.74) is 1.07. The van der Waals surface area contributed by atoms with Crippen LogP contribution in [0.4, 0.5) is 22.8 Å². The van der Waals surface area contributed by atoms with Gasteiger partial charge in [-0.05, 0) is 41.7 Å². The average Bonchev–Trinajstić information content (AvgIpc) is 3.41. The highest BCUT2D eigenvalue weighted by Gasteiger charge is 2.46. The van der Waals surface area contributed by atoms with Crippen LogP contribution >= 0.6 is 0 Å². The van der Waals surface area contributed by atoms with E-state index in [4.69, 9.17) is 0 Å². The summed E-state index contributed by atoms with van der Waals surface area (Å²) < 4.78 is 38.0. The normalized spacial score (nSPS) is 21.1. The summed E-state index contributed by atoms with van der Waals surface area (Å²) in [6.45, 7) is 18.2. The first-order valence-electron chi connectivity index (χ1n) is 17.2. The van der Waals surface area contributed by atoms with E-state index in [0.29, 0.717) is 25.6 Å². The molecule has 2 rings (SSSR count). The van der Waals surface area contributed by atoms with Crippen molar-refractivity contribution in [3.05, 3.63) is 30.5 Å². The lowest BCUT2D eigenvalue weighted by Crippen LogP contribution is -2.64. The maximum atomic E-state index is 13.8. The number of urea groups is 2. The number of likely N-dealkylation sites (tertiary alicyclic amines) is 1. The summed E-state index contributed by atoms with van der Waals surface area (Å²) in [5.74, 6) is -3.31. The number of rotatable bonds is 14. The van der Waals surface area contributed by atoms with Crippen molar-refractivity contribution < 1.29 is 42.3 Å². The number of nitrogens with one attached hydrogen (secondary N) is 4. The first kappa shape index (κ1) is 43.3. The Morgan fingerprint density at radius 1 is 1.02 bits per heavy atom. The van der Waals surface area contributed by atoms with Crippen LogP contribution in [0.15, 0.2) is 30.5 Å². The molecule has 5 N–H and O–H groups in total. The molecule has 6 amide bonds. The van der Waals surface area contributed by atoms with E-state index in [9.17, 15) is 42.3 Å². The van der Waals surface area contributed by atoms with Crippen molar-refractivity contribution in [1.82, 2.24) is 36.0 Å². The van der Waals surface area contributed by atoms with Crippen LogP contribution in [0.25, 0.3) is 0 Å². The molecule has 0 aliphatic carbocycles. The zero-order valence-corrected chi connectivity index (χ0v) is 31.0. The largest absolute Gasteiger partial charge is 0.393 e. The molecule has 0 aromatic carbocycles. The van der Waals surface area contributed by atoms with Crippen LogP contribution in [0.3, 0.4) is 0 Å². The summed E-state index contributed by atoms with van der Waals surface area (Å²) >= 11 is 0. The van der Waals surface area contributed by atoms with Crippen molar-refractivity contribution in [3.63, 3.8) is 0 Å². The fourth-order valence-corrected chi connectivity index (χ4v) is 5.96.